The summed E-state index contributed by atoms with van der Waals surface area (Å²) in [5, 5.41) is 3.19. The number of primary amides is 1. The van der Waals surface area contributed by atoms with Crippen LogP contribution >= 0.6 is 0 Å². The van der Waals surface area contributed by atoms with Gasteiger partial charge in [-0.25, -0.2) is 0 Å². The number of anilines is 1. The summed E-state index contributed by atoms with van der Waals surface area (Å²) >= 11 is 0. The van der Waals surface area contributed by atoms with Crippen LogP contribution in [0, 0.1) is 17.8 Å². The van der Waals surface area contributed by atoms with Gasteiger partial charge in [0.15, 0.2) is 0 Å². The minimum absolute atomic E-state index is 0.0528. The van der Waals surface area contributed by atoms with Crippen LogP contribution in [0.25, 0.3) is 0 Å². The summed E-state index contributed by atoms with van der Waals surface area (Å²) in [6, 6.07) is 5.52. The van der Waals surface area contributed by atoms with E-state index >= 15 is 0 Å². The molecule has 0 saturated heterocycles. The largest absolute Gasteiger partial charge is 0.461 e. The van der Waals surface area contributed by atoms with Gasteiger partial charge in [0.25, 0.3) is 0 Å². The maximum atomic E-state index is 11.5. The lowest BCUT2D eigenvalue weighted by Crippen LogP contribution is -2.18. The van der Waals surface area contributed by atoms with Gasteiger partial charge in [-0.2, -0.15) is 0 Å². The van der Waals surface area contributed by atoms with Crippen molar-refractivity contribution in [2.75, 3.05) is 5.32 Å². The second-order valence-electron chi connectivity index (χ2n) is 8.32. The van der Waals surface area contributed by atoms with Crippen molar-refractivity contribution in [2.45, 2.75) is 74.5 Å². The average molecular weight is 379 g/mol. The molecule has 154 valence electrons. The van der Waals surface area contributed by atoms with Gasteiger partial charge >= 0.3 is 5.97 Å². The Labute approximate surface area is 165 Å². The standard InChI is InChI=1S/C15H22N2O3.C7H16/c1-9(2)15(19)20-8-11-5-6-12(17-10(3)4)7-13(11)14(16)18;1-6(2)5-7(3)4/h5-7,9-10,17H,8H2,1-4H3,(H2,16,18);6-7H,5H2,1-4H3. The van der Waals surface area contributed by atoms with E-state index in [1.807, 2.05) is 19.9 Å². The highest BCUT2D eigenvalue weighted by Gasteiger charge is 2.13. The summed E-state index contributed by atoms with van der Waals surface area (Å²) in [5.74, 6) is 0.715. The second kappa shape index (κ2) is 12.4. The van der Waals surface area contributed by atoms with Gasteiger partial charge in [0.2, 0.25) is 5.91 Å². The SMILES string of the molecule is CC(C)CC(C)C.CC(C)Nc1ccc(COC(=O)C(C)C)c(C(N)=O)c1. The lowest BCUT2D eigenvalue weighted by molar-refractivity contribution is -0.148. The highest BCUT2D eigenvalue weighted by molar-refractivity contribution is 5.95. The summed E-state index contributed by atoms with van der Waals surface area (Å²) < 4.78 is 5.13. The third-order valence-corrected chi connectivity index (χ3v) is 3.61. The molecule has 0 aromatic heterocycles. The molecule has 1 amide bonds. The first kappa shape index (κ1) is 25.0. The second-order valence-corrected chi connectivity index (χ2v) is 8.32. The highest BCUT2D eigenvalue weighted by atomic mass is 16.5. The predicted molar refractivity (Wildman–Crippen MR) is 113 cm³/mol. The Kier molecular flexibility index (Phi) is 11.4. The molecule has 27 heavy (non-hydrogen) atoms. The number of hydrogen-bond acceptors (Lipinski definition) is 4. The number of nitrogens with two attached hydrogens (primary N) is 1. The quantitative estimate of drug-likeness (QED) is 0.624. The van der Waals surface area contributed by atoms with Crippen LogP contribution in [-0.4, -0.2) is 17.9 Å². The fraction of sp³-hybridized carbons (Fsp3) is 0.636. The van der Waals surface area contributed by atoms with E-state index in [0.717, 1.165) is 17.5 Å². The summed E-state index contributed by atoms with van der Waals surface area (Å²) in [7, 11) is 0. The summed E-state index contributed by atoms with van der Waals surface area (Å²) in [6.07, 6.45) is 1.36. The molecular weight excluding hydrogens is 340 g/mol. The van der Waals surface area contributed by atoms with E-state index in [-0.39, 0.29) is 24.5 Å². The van der Waals surface area contributed by atoms with Crippen LogP contribution in [0.5, 0.6) is 0 Å². The van der Waals surface area contributed by atoms with E-state index in [0.29, 0.717) is 11.1 Å². The minimum atomic E-state index is -0.534. The smallest absolute Gasteiger partial charge is 0.308 e. The van der Waals surface area contributed by atoms with Crippen LogP contribution < -0.4 is 11.1 Å². The lowest BCUT2D eigenvalue weighted by atomic mass is 10.0. The average Bonchev–Trinajstić information content (AvgIpc) is 2.51. The molecule has 1 aromatic carbocycles. The molecule has 0 unspecified atom stereocenters. The molecule has 0 aliphatic rings. The Balaban J connectivity index is 0.000000821. The summed E-state index contributed by atoms with van der Waals surface area (Å²) in [5.41, 5.74) is 7.17. The van der Waals surface area contributed by atoms with Crippen molar-refractivity contribution in [2.24, 2.45) is 23.5 Å². The number of esters is 1. The van der Waals surface area contributed by atoms with Crippen LogP contribution in [0.2, 0.25) is 0 Å². The summed E-state index contributed by atoms with van der Waals surface area (Å²) in [4.78, 5) is 23.0. The van der Waals surface area contributed by atoms with E-state index in [1.165, 1.54) is 6.42 Å². The van der Waals surface area contributed by atoms with Gasteiger partial charge in [-0.1, -0.05) is 47.6 Å². The molecule has 0 heterocycles. The number of hydrogen-bond donors (Lipinski definition) is 2. The molecule has 1 aromatic rings. The molecule has 0 aliphatic carbocycles. The van der Waals surface area contributed by atoms with Gasteiger partial charge in [0.1, 0.15) is 6.61 Å². The molecule has 3 N–H and O–H groups in total. The Morgan fingerprint density at radius 1 is 1.00 bits per heavy atom. The van der Waals surface area contributed by atoms with Crippen molar-refractivity contribution in [1.29, 1.82) is 0 Å². The first-order valence-corrected chi connectivity index (χ1v) is 9.79. The van der Waals surface area contributed by atoms with Gasteiger partial charge in [-0.05, 0) is 44.2 Å². The molecule has 0 atom stereocenters. The monoisotopic (exact) mass is 378 g/mol. The zero-order chi connectivity index (χ0) is 21.1. The highest BCUT2D eigenvalue weighted by Crippen LogP contribution is 2.18. The zero-order valence-corrected chi connectivity index (χ0v) is 18.3. The van der Waals surface area contributed by atoms with Crippen molar-refractivity contribution in [3.63, 3.8) is 0 Å². The molecule has 5 heteroatoms. The third-order valence-electron chi connectivity index (χ3n) is 3.61. The van der Waals surface area contributed by atoms with Crippen molar-refractivity contribution >= 4 is 17.6 Å². The Morgan fingerprint density at radius 2 is 1.56 bits per heavy atom. The van der Waals surface area contributed by atoms with Gasteiger partial charge in [-0.15, -0.1) is 0 Å². The topological polar surface area (TPSA) is 81.4 Å². The van der Waals surface area contributed by atoms with Crippen molar-refractivity contribution in [3.8, 4) is 0 Å². The molecule has 0 fully saturated rings. The van der Waals surface area contributed by atoms with Gasteiger partial charge < -0.3 is 15.8 Å². The molecule has 0 saturated carbocycles. The fourth-order valence-electron chi connectivity index (χ4n) is 2.61. The van der Waals surface area contributed by atoms with E-state index in [1.54, 1.807) is 26.0 Å². The predicted octanol–water partition coefficient (Wildman–Crippen LogP) is 4.99. The van der Waals surface area contributed by atoms with E-state index in [4.69, 9.17) is 10.5 Å². The van der Waals surface area contributed by atoms with Crippen LogP contribution in [-0.2, 0) is 16.1 Å². The van der Waals surface area contributed by atoms with Crippen LogP contribution in [0.1, 0.15) is 77.7 Å². The lowest BCUT2D eigenvalue weighted by Gasteiger charge is -2.14. The van der Waals surface area contributed by atoms with Crippen LogP contribution in [0.4, 0.5) is 5.69 Å². The third kappa shape index (κ3) is 11.3. The Bertz CT molecular complexity index is 587. The minimum Gasteiger partial charge on any atom is -0.461 e. The molecule has 0 radical (unpaired) electrons. The van der Waals surface area contributed by atoms with E-state index < -0.39 is 5.91 Å². The number of nitrogens with one attached hydrogen (secondary N) is 1. The van der Waals surface area contributed by atoms with Crippen molar-refractivity contribution < 1.29 is 14.3 Å². The van der Waals surface area contributed by atoms with Crippen LogP contribution in [0.3, 0.4) is 0 Å². The van der Waals surface area contributed by atoms with E-state index in [2.05, 4.69) is 33.0 Å². The number of ether oxygens (including phenoxy) is 1. The molecule has 5 nitrogen and oxygen atoms in total. The normalized spacial score (nSPS) is 10.8. The number of benzene rings is 1. The number of carbonyl (C=O) groups excluding carboxylic acids is 2. The maximum absolute atomic E-state index is 11.5. The Morgan fingerprint density at radius 3 is 1.93 bits per heavy atom. The van der Waals surface area contributed by atoms with Gasteiger partial charge in [0, 0.05) is 22.9 Å². The van der Waals surface area contributed by atoms with E-state index in [9.17, 15) is 9.59 Å². The zero-order valence-electron chi connectivity index (χ0n) is 18.3. The fourth-order valence-corrected chi connectivity index (χ4v) is 2.61. The molecule has 0 bridgehead atoms. The van der Waals surface area contributed by atoms with Crippen molar-refractivity contribution in [1.82, 2.24) is 0 Å². The maximum Gasteiger partial charge on any atom is 0.308 e. The van der Waals surface area contributed by atoms with Gasteiger partial charge in [0.05, 0.1) is 5.92 Å². The number of carbonyl (C=O) groups is 2. The number of amides is 1. The molecule has 0 spiro atoms. The number of rotatable bonds is 8. The van der Waals surface area contributed by atoms with Crippen LogP contribution in [0.15, 0.2) is 18.2 Å². The molecule has 0 aliphatic heterocycles. The van der Waals surface area contributed by atoms with Gasteiger partial charge in [-0.3, -0.25) is 9.59 Å². The first-order chi connectivity index (χ1) is 12.4. The first-order valence-electron chi connectivity index (χ1n) is 9.79. The van der Waals surface area contributed by atoms with Crippen molar-refractivity contribution in [3.05, 3.63) is 29.3 Å². The summed E-state index contributed by atoms with van der Waals surface area (Å²) in [6.45, 7) is 16.6. The Hall–Kier alpha value is -2.04. The molecule has 1 rings (SSSR count). The molecular formula is C22H38N2O3.